The predicted octanol–water partition coefficient (Wildman–Crippen LogP) is 2.12. The van der Waals surface area contributed by atoms with Crippen LogP contribution in [0.2, 0.25) is 0 Å². The fourth-order valence-corrected chi connectivity index (χ4v) is 3.95. The number of fused-ring (bicyclic) bond motifs is 1. The standard InChI is InChI=1S/C18H26N6O/c1-13-6-8-23(9-7-13)17-15-10-21-24(18(15)20-12-19-17)11-16(25)22-14-4-2-3-5-14/h10,12-14H,2-9,11H2,1H3,(H,22,25). The Kier molecular flexibility index (Phi) is 4.55. The van der Waals surface area contributed by atoms with E-state index < -0.39 is 0 Å². The summed E-state index contributed by atoms with van der Waals surface area (Å²) < 4.78 is 1.69. The Balaban J connectivity index is 1.51. The molecular formula is C18H26N6O. The fraction of sp³-hybridized carbons (Fsp3) is 0.667. The van der Waals surface area contributed by atoms with Crippen molar-refractivity contribution in [2.45, 2.75) is 58.0 Å². The first-order chi connectivity index (χ1) is 12.2. The zero-order valence-corrected chi connectivity index (χ0v) is 14.8. The Morgan fingerprint density at radius 1 is 1.20 bits per heavy atom. The number of carbonyl (C=O) groups excluding carboxylic acids is 1. The van der Waals surface area contributed by atoms with E-state index in [-0.39, 0.29) is 12.5 Å². The summed E-state index contributed by atoms with van der Waals surface area (Å²) in [5, 5.41) is 8.45. The van der Waals surface area contributed by atoms with E-state index in [0.717, 1.165) is 48.7 Å². The van der Waals surface area contributed by atoms with Crippen LogP contribution in [0, 0.1) is 5.92 Å². The maximum absolute atomic E-state index is 12.3. The largest absolute Gasteiger partial charge is 0.356 e. The van der Waals surface area contributed by atoms with E-state index in [2.05, 4.69) is 32.2 Å². The van der Waals surface area contributed by atoms with Gasteiger partial charge in [0.1, 0.15) is 18.7 Å². The van der Waals surface area contributed by atoms with Crippen molar-refractivity contribution in [1.29, 1.82) is 0 Å². The van der Waals surface area contributed by atoms with Crippen LogP contribution in [-0.2, 0) is 11.3 Å². The molecule has 7 heteroatoms. The Bertz CT molecular complexity index is 743. The van der Waals surface area contributed by atoms with Gasteiger partial charge in [-0.1, -0.05) is 19.8 Å². The summed E-state index contributed by atoms with van der Waals surface area (Å²) in [5.41, 5.74) is 0.741. The molecule has 2 aromatic rings. The molecule has 0 bridgehead atoms. The van der Waals surface area contributed by atoms with Crippen molar-refractivity contribution in [3.8, 4) is 0 Å². The summed E-state index contributed by atoms with van der Waals surface area (Å²) in [7, 11) is 0. The molecule has 4 rings (SSSR count). The van der Waals surface area contributed by atoms with Gasteiger partial charge in [0.2, 0.25) is 5.91 Å². The van der Waals surface area contributed by atoms with Crippen molar-refractivity contribution >= 4 is 22.8 Å². The smallest absolute Gasteiger partial charge is 0.242 e. The number of amides is 1. The molecule has 1 amide bonds. The van der Waals surface area contributed by atoms with Gasteiger partial charge in [-0.25, -0.2) is 14.6 Å². The molecule has 0 spiro atoms. The molecular weight excluding hydrogens is 316 g/mol. The van der Waals surface area contributed by atoms with Gasteiger partial charge in [-0.15, -0.1) is 0 Å². The van der Waals surface area contributed by atoms with E-state index in [1.807, 2.05) is 0 Å². The van der Waals surface area contributed by atoms with Crippen molar-refractivity contribution in [2.75, 3.05) is 18.0 Å². The zero-order valence-electron chi connectivity index (χ0n) is 14.8. The number of carbonyl (C=O) groups is 1. The first kappa shape index (κ1) is 16.3. The fourth-order valence-electron chi connectivity index (χ4n) is 3.95. The van der Waals surface area contributed by atoms with Crippen molar-refractivity contribution in [3.63, 3.8) is 0 Å². The van der Waals surface area contributed by atoms with Gasteiger partial charge in [0.05, 0.1) is 11.6 Å². The van der Waals surface area contributed by atoms with Crippen molar-refractivity contribution in [2.24, 2.45) is 5.92 Å². The third-order valence-corrected chi connectivity index (χ3v) is 5.51. The number of hydrogen-bond acceptors (Lipinski definition) is 5. The average Bonchev–Trinajstić information content (AvgIpc) is 3.26. The van der Waals surface area contributed by atoms with Crippen molar-refractivity contribution in [1.82, 2.24) is 25.1 Å². The lowest BCUT2D eigenvalue weighted by molar-refractivity contribution is -0.122. The average molecular weight is 342 g/mol. The molecule has 1 saturated heterocycles. The molecule has 2 fully saturated rings. The van der Waals surface area contributed by atoms with Crippen molar-refractivity contribution in [3.05, 3.63) is 12.5 Å². The third kappa shape index (κ3) is 3.45. The third-order valence-electron chi connectivity index (χ3n) is 5.51. The number of rotatable bonds is 4. The molecule has 2 aliphatic rings. The summed E-state index contributed by atoms with van der Waals surface area (Å²) in [4.78, 5) is 23.5. The summed E-state index contributed by atoms with van der Waals surface area (Å²) in [6.07, 6.45) is 10.3. The minimum Gasteiger partial charge on any atom is -0.356 e. The Morgan fingerprint density at radius 3 is 2.72 bits per heavy atom. The quantitative estimate of drug-likeness (QED) is 0.921. The molecule has 7 nitrogen and oxygen atoms in total. The highest BCUT2D eigenvalue weighted by molar-refractivity contribution is 5.88. The van der Waals surface area contributed by atoms with E-state index in [1.165, 1.54) is 25.7 Å². The van der Waals surface area contributed by atoms with Crippen LogP contribution in [-0.4, -0.2) is 44.8 Å². The van der Waals surface area contributed by atoms with Crippen LogP contribution in [0.5, 0.6) is 0 Å². The zero-order chi connectivity index (χ0) is 17.2. The van der Waals surface area contributed by atoms with Crippen LogP contribution < -0.4 is 10.2 Å². The normalized spacial score (nSPS) is 19.6. The second-order valence-corrected chi connectivity index (χ2v) is 7.46. The molecule has 3 heterocycles. The first-order valence-corrected chi connectivity index (χ1v) is 9.41. The molecule has 0 aromatic carbocycles. The summed E-state index contributed by atoms with van der Waals surface area (Å²) in [6, 6.07) is 0.329. The van der Waals surface area contributed by atoms with Gasteiger partial charge < -0.3 is 10.2 Å². The minimum absolute atomic E-state index is 0.0175. The van der Waals surface area contributed by atoms with Gasteiger partial charge >= 0.3 is 0 Å². The van der Waals surface area contributed by atoms with Gasteiger partial charge in [-0.3, -0.25) is 4.79 Å². The van der Waals surface area contributed by atoms with Crippen LogP contribution >= 0.6 is 0 Å². The van der Waals surface area contributed by atoms with Gasteiger partial charge in [0.15, 0.2) is 5.65 Å². The second-order valence-electron chi connectivity index (χ2n) is 7.46. The lowest BCUT2D eigenvalue weighted by Crippen LogP contribution is -2.35. The molecule has 1 aliphatic heterocycles. The Hall–Kier alpha value is -2.18. The number of anilines is 1. The van der Waals surface area contributed by atoms with Crippen LogP contribution in [0.15, 0.2) is 12.5 Å². The van der Waals surface area contributed by atoms with Crippen LogP contribution in [0.25, 0.3) is 11.0 Å². The molecule has 1 N–H and O–H groups in total. The summed E-state index contributed by atoms with van der Waals surface area (Å²) in [6.45, 7) is 4.54. The van der Waals surface area contributed by atoms with Crippen molar-refractivity contribution < 1.29 is 4.79 Å². The van der Waals surface area contributed by atoms with E-state index in [4.69, 9.17) is 0 Å². The maximum atomic E-state index is 12.3. The lowest BCUT2D eigenvalue weighted by Gasteiger charge is -2.31. The topological polar surface area (TPSA) is 75.9 Å². The number of aromatic nitrogens is 4. The molecule has 0 unspecified atom stereocenters. The molecule has 134 valence electrons. The van der Waals surface area contributed by atoms with E-state index in [0.29, 0.717) is 6.04 Å². The number of nitrogens with one attached hydrogen (secondary N) is 1. The second kappa shape index (κ2) is 6.98. The number of piperidine rings is 1. The Morgan fingerprint density at radius 2 is 1.96 bits per heavy atom. The van der Waals surface area contributed by atoms with Gasteiger partial charge in [0.25, 0.3) is 0 Å². The summed E-state index contributed by atoms with van der Waals surface area (Å²) >= 11 is 0. The predicted molar refractivity (Wildman–Crippen MR) is 96.3 cm³/mol. The molecule has 2 aromatic heterocycles. The van der Waals surface area contributed by atoms with E-state index in [9.17, 15) is 4.79 Å². The first-order valence-electron chi connectivity index (χ1n) is 9.41. The molecule has 0 atom stereocenters. The number of hydrogen-bond donors (Lipinski definition) is 1. The van der Waals surface area contributed by atoms with E-state index in [1.54, 1.807) is 17.2 Å². The monoisotopic (exact) mass is 342 g/mol. The van der Waals surface area contributed by atoms with E-state index >= 15 is 0 Å². The molecule has 1 saturated carbocycles. The molecule has 1 aliphatic carbocycles. The van der Waals surface area contributed by atoms with Crippen LogP contribution in [0.1, 0.15) is 45.4 Å². The molecule has 0 radical (unpaired) electrons. The van der Waals surface area contributed by atoms with Crippen LogP contribution in [0.4, 0.5) is 5.82 Å². The molecule has 25 heavy (non-hydrogen) atoms. The van der Waals surface area contributed by atoms with Gasteiger partial charge in [-0.2, -0.15) is 5.10 Å². The SMILES string of the molecule is CC1CCN(c2ncnc3c2cnn3CC(=O)NC2CCCC2)CC1. The minimum atomic E-state index is 0.0175. The van der Waals surface area contributed by atoms with Gasteiger partial charge in [-0.05, 0) is 31.6 Å². The van der Waals surface area contributed by atoms with Gasteiger partial charge in [0, 0.05) is 19.1 Å². The maximum Gasteiger partial charge on any atom is 0.242 e. The Labute approximate surface area is 147 Å². The highest BCUT2D eigenvalue weighted by Crippen LogP contribution is 2.27. The summed E-state index contributed by atoms with van der Waals surface area (Å²) in [5.74, 6) is 1.73. The lowest BCUT2D eigenvalue weighted by atomic mass is 9.99. The number of nitrogens with zero attached hydrogens (tertiary/aromatic N) is 5. The highest BCUT2D eigenvalue weighted by Gasteiger charge is 2.22. The van der Waals surface area contributed by atoms with Crippen LogP contribution in [0.3, 0.4) is 0 Å². The highest BCUT2D eigenvalue weighted by atomic mass is 16.2.